The van der Waals surface area contributed by atoms with E-state index in [4.69, 9.17) is 8.85 Å². The highest BCUT2D eigenvalue weighted by atomic mass is 28.4. The van der Waals surface area contributed by atoms with Gasteiger partial charge in [0.1, 0.15) is 0 Å². The molecule has 1 aliphatic rings. The number of rotatable bonds is 11. The lowest BCUT2D eigenvalue weighted by Crippen LogP contribution is -2.48. The first kappa shape index (κ1) is 19.8. The van der Waals surface area contributed by atoms with Crippen LogP contribution in [0.3, 0.4) is 0 Å². The van der Waals surface area contributed by atoms with E-state index < -0.39 is 8.56 Å². The molecule has 0 bridgehead atoms. The normalized spacial score (nSPS) is 20.4. The van der Waals surface area contributed by atoms with Crippen LogP contribution in [0.1, 0.15) is 85.5 Å². The third-order valence-electron chi connectivity index (χ3n) is 5.08. The Kier molecular flexibility index (Phi) is 9.42. The van der Waals surface area contributed by atoms with Gasteiger partial charge >= 0.3 is 8.56 Å². The number of unbranched alkanes of at least 4 members (excludes halogenated alkanes) is 1. The van der Waals surface area contributed by atoms with Crippen LogP contribution < -0.4 is 0 Å². The van der Waals surface area contributed by atoms with Gasteiger partial charge in [0, 0.05) is 18.2 Å². The van der Waals surface area contributed by atoms with E-state index in [-0.39, 0.29) is 0 Å². The molecule has 3 heteroatoms. The smallest absolute Gasteiger partial charge is 0.402 e. The standard InChI is InChI=1S/C19H38O2Si/c1-6-9-13-18(7-2)16-22(20-8-3,21-17(4)5)19-14-11-10-12-15-19/h18-19H,4,6-16H2,1-3,5H3. The summed E-state index contributed by atoms with van der Waals surface area (Å²) in [5.74, 6) is 1.61. The van der Waals surface area contributed by atoms with Crippen molar-refractivity contribution in [3.63, 3.8) is 0 Å². The molecule has 0 aliphatic heterocycles. The third-order valence-corrected chi connectivity index (χ3v) is 9.52. The lowest BCUT2D eigenvalue weighted by Gasteiger charge is -2.41. The van der Waals surface area contributed by atoms with Crippen LogP contribution in [0.4, 0.5) is 0 Å². The van der Waals surface area contributed by atoms with Crippen LogP contribution in [0.2, 0.25) is 11.6 Å². The van der Waals surface area contributed by atoms with E-state index in [1.54, 1.807) is 0 Å². The van der Waals surface area contributed by atoms with Crippen molar-refractivity contribution in [2.75, 3.05) is 6.61 Å². The van der Waals surface area contributed by atoms with Crippen molar-refractivity contribution >= 4 is 8.56 Å². The minimum Gasteiger partial charge on any atom is -0.524 e. The van der Waals surface area contributed by atoms with Gasteiger partial charge in [-0.3, -0.25) is 0 Å². The number of hydrogen-bond acceptors (Lipinski definition) is 2. The van der Waals surface area contributed by atoms with Crippen LogP contribution in [0, 0.1) is 5.92 Å². The first-order valence-electron chi connectivity index (χ1n) is 9.56. The Morgan fingerprint density at radius 2 is 1.86 bits per heavy atom. The Hall–Kier alpha value is -0.283. The molecular weight excluding hydrogens is 288 g/mol. The van der Waals surface area contributed by atoms with E-state index in [1.165, 1.54) is 57.8 Å². The molecule has 0 N–H and O–H groups in total. The lowest BCUT2D eigenvalue weighted by molar-refractivity contribution is 0.186. The van der Waals surface area contributed by atoms with Crippen LogP contribution >= 0.6 is 0 Å². The highest BCUT2D eigenvalue weighted by molar-refractivity contribution is 6.69. The second-order valence-corrected chi connectivity index (χ2v) is 10.3. The van der Waals surface area contributed by atoms with Gasteiger partial charge < -0.3 is 8.85 Å². The fourth-order valence-electron chi connectivity index (χ4n) is 3.93. The molecule has 0 radical (unpaired) electrons. The molecule has 1 aliphatic carbocycles. The second-order valence-electron chi connectivity index (χ2n) is 7.00. The molecule has 0 heterocycles. The summed E-state index contributed by atoms with van der Waals surface area (Å²) in [4.78, 5) is 0. The summed E-state index contributed by atoms with van der Waals surface area (Å²) in [5, 5.41) is 0. The molecule has 0 aromatic rings. The Balaban J connectivity index is 2.91. The molecule has 1 fully saturated rings. The van der Waals surface area contributed by atoms with Gasteiger partial charge in [0.25, 0.3) is 0 Å². The van der Waals surface area contributed by atoms with E-state index in [0.717, 1.165) is 24.3 Å². The van der Waals surface area contributed by atoms with Gasteiger partial charge in [-0.1, -0.05) is 65.4 Å². The van der Waals surface area contributed by atoms with Crippen molar-refractivity contribution < 1.29 is 8.85 Å². The van der Waals surface area contributed by atoms with Gasteiger partial charge in [0.05, 0.1) is 5.76 Å². The van der Waals surface area contributed by atoms with Gasteiger partial charge in [0.2, 0.25) is 0 Å². The monoisotopic (exact) mass is 326 g/mol. The highest BCUT2D eigenvalue weighted by Gasteiger charge is 2.49. The van der Waals surface area contributed by atoms with Gasteiger partial charge in [0.15, 0.2) is 0 Å². The summed E-state index contributed by atoms with van der Waals surface area (Å²) in [6.07, 6.45) is 11.8. The van der Waals surface area contributed by atoms with Gasteiger partial charge in [-0.15, -0.1) is 0 Å². The molecule has 1 rings (SSSR count). The van der Waals surface area contributed by atoms with Crippen LogP contribution in [-0.2, 0) is 8.85 Å². The summed E-state index contributed by atoms with van der Waals surface area (Å²) in [6.45, 7) is 13.6. The van der Waals surface area contributed by atoms with Gasteiger partial charge in [-0.2, -0.15) is 0 Å². The van der Waals surface area contributed by atoms with E-state index >= 15 is 0 Å². The Bertz CT molecular complexity index is 313. The maximum atomic E-state index is 6.45. The van der Waals surface area contributed by atoms with E-state index in [2.05, 4.69) is 27.4 Å². The molecule has 0 amide bonds. The summed E-state index contributed by atoms with van der Waals surface area (Å²) in [5.41, 5.74) is 0.661. The molecule has 2 unspecified atom stereocenters. The fourth-order valence-corrected chi connectivity index (χ4v) is 8.58. The molecule has 0 aromatic carbocycles. The quantitative estimate of drug-likeness (QED) is 0.316. The van der Waals surface area contributed by atoms with Crippen LogP contribution in [-0.4, -0.2) is 15.2 Å². The molecular formula is C19H38O2Si. The van der Waals surface area contributed by atoms with Crippen molar-refractivity contribution in [1.29, 1.82) is 0 Å². The molecule has 0 spiro atoms. The van der Waals surface area contributed by atoms with Crippen molar-refractivity contribution in [1.82, 2.24) is 0 Å². The summed E-state index contributed by atoms with van der Waals surface area (Å²) in [6, 6.07) is 1.16. The van der Waals surface area contributed by atoms with Crippen molar-refractivity contribution in [2.24, 2.45) is 5.92 Å². The van der Waals surface area contributed by atoms with Crippen LogP contribution in [0.25, 0.3) is 0 Å². The zero-order valence-corrected chi connectivity index (χ0v) is 16.5. The average molecular weight is 327 g/mol. The maximum Gasteiger partial charge on any atom is 0.402 e. The van der Waals surface area contributed by atoms with Gasteiger partial charge in [-0.25, -0.2) is 0 Å². The molecule has 0 saturated heterocycles. The molecule has 1 saturated carbocycles. The summed E-state index contributed by atoms with van der Waals surface area (Å²) < 4.78 is 12.9. The topological polar surface area (TPSA) is 18.5 Å². The average Bonchev–Trinajstić information content (AvgIpc) is 2.51. The predicted molar refractivity (Wildman–Crippen MR) is 98.2 cm³/mol. The lowest BCUT2D eigenvalue weighted by atomic mass is 10.00. The van der Waals surface area contributed by atoms with Crippen molar-refractivity contribution in [3.05, 3.63) is 12.3 Å². The van der Waals surface area contributed by atoms with E-state index in [9.17, 15) is 0 Å². The van der Waals surface area contributed by atoms with Crippen LogP contribution in [0.15, 0.2) is 12.3 Å². The number of allylic oxidation sites excluding steroid dienone is 1. The summed E-state index contributed by atoms with van der Waals surface area (Å²) in [7, 11) is -2.19. The molecule has 130 valence electrons. The molecule has 2 atom stereocenters. The van der Waals surface area contributed by atoms with Crippen molar-refractivity contribution in [3.8, 4) is 0 Å². The minimum atomic E-state index is -2.19. The van der Waals surface area contributed by atoms with E-state index in [1.807, 2.05) is 6.92 Å². The largest absolute Gasteiger partial charge is 0.524 e. The minimum absolute atomic E-state index is 0.661. The molecule has 0 aromatic heterocycles. The first-order chi connectivity index (χ1) is 10.6. The SMILES string of the molecule is C=C(C)O[Si](CC(CC)CCCC)(OCC)C1CCCCC1. The highest BCUT2D eigenvalue weighted by Crippen LogP contribution is 2.43. The number of hydrogen-bond donors (Lipinski definition) is 0. The third kappa shape index (κ3) is 6.08. The Morgan fingerprint density at radius 1 is 1.18 bits per heavy atom. The van der Waals surface area contributed by atoms with E-state index in [0.29, 0.717) is 5.54 Å². The zero-order valence-electron chi connectivity index (χ0n) is 15.5. The zero-order chi connectivity index (χ0) is 16.4. The Morgan fingerprint density at radius 3 is 2.36 bits per heavy atom. The van der Waals surface area contributed by atoms with Crippen LogP contribution in [0.5, 0.6) is 0 Å². The first-order valence-corrected chi connectivity index (χ1v) is 11.7. The van der Waals surface area contributed by atoms with Crippen molar-refractivity contribution in [2.45, 2.75) is 97.1 Å². The molecule has 22 heavy (non-hydrogen) atoms. The Labute approximate surface area is 139 Å². The second kappa shape index (κ2) is 10.5. The summed E-state index contributed by atoms with van der Waals surface area (Å²) >= 11 is 0. The molecule has 2 nitrogen and oxygen atoms in total. The van der Waals surface area contributed by atoms with Gasteiger partial charge in [-0.05, 0) is 32.6 Å². The fraction of sp³-hybridized carbons (Fsp3) is 0.895. The maximum absolute atomic E-state index is 6.45. The predicted octanol–water partition coefficient (Wildman–Crippen LogP) is 6.57.